The van der Waals surface area contributed by atoms with Crippen molar-refractivity contribution in [2.75, 3.05) is 26.2 Å². The third kappa shape index (κ3) is 3.49. The molecule has 3 heterocycles. The number of likely N-dealkylation sites (tertiary alicyclic amines) is 1. The maximum atomic E-state index is 13.2. The highest BCUT2D eigenvalue weighted by Gasteiger charge is 2.48. The Bertz CT molecular complexity index is 669. The van der Waals surface area contributed by atoms with Crippen LogP contribution in [-0.2, 0) is 9.53 Å². The number of morpholine rings is 1. The quantitative estimate of drug-likeness (QED) is 0.826. The molecule has 2 saturated heterocycles. The Balaban J connectivity index is 1.80. The van der Waals surface area contributed by atoms with Crippen molar-refractivity contribution in [3.8, 4) is 0 Å². The third-order valence-electron chi connectivity index (χ3n) is 5.33. The third-order valence-corrected chi connectivity index (χ3v) is 5.33. The molecular weight excluding hydrogens is 332 g/mol. The molecule has 2 amide bonds. The average molecular weight is 362 g/mol. The zero-order valence-electron chi connectivity index (χ0n) is 16.3. The maximum absolute atomic E-state index is 13.2. The Morgan fingerprint density at radius 1 is 1.19 bits per heavy atom. The summed E-state index contributed by atoms with van der Waals surface area (Å²) < 4.78 is 7.81. The van der Waals surface area contributed by atoms with Crippen LogP contribution in [0.15, 0.2) is 12.3 Å². The lowest BCUT2D eigenvalue weighted by molar-refractivity contribution is -0.169. The molecule has 2 fully saturated rings. The van der Waals surface area contributed by atoms with E-state index in [0.29, 0.717) is 31.8 Å². The fourth-order valence-corrected chi connectivity index (χ4v) is 3.80. The molecule has 7 nitrogen and oxygen atoms in total. The van der Waals surface area contributed by atoms with Gasteiger partial charge in [-0.2, -0.15) is 5.10 Å². The Morgan fingerprint density at radius 2 is 1.96 bits per heavy atom. The standard InChI is InChI=1S/C19H30N4O3/c1-14(2)22-9-6-5-8-19(18(22)25)13-21(11-12-26-19)17(24)16-7-10-23(20-16)15(3)4/h7,10,14-15H,5-6,8-9,11-13H2,1-4H3. The molecule has 2 aliphatic heterocycles. The van der Waals surface area contributed by atoms with Gasteiger partial charge in [0, 0.05) is 31.4 Å². The zero-order valence-corrected chi connectivity index (χ0v) is 16.3. The summed E-state index contributed by atoms with van der Waals surface area (Å²) in [7, 11) is 0. The van der Waals surface area contributed by atoms with Crippen LogP contribution < -0.4 is 0 Å². The fraction of sp³-hybridized carbons (Fsp3) is 0.737. The largest absolute Gasteiger partial charge is 0.361 e. The Morgan fingerprint density at radius 3 is 2.62 bits per heavy atom. The maximum Gasteiger partial charge on any atom is 0.274 e. The summed E-state index contributed by atoms with van der Waals surface area (Å²) in [4.78, 5) is 29.8. The topological polar surface area (TPSA) is 67.7 Å². The van der Waals surface area contributed by atoms with Crippen molar-refractivity contribution in [2.45, 2.75) is 64.6 Å². The van der Waals surface area contributed by atoms with Gasteiger partial charge in [0.05, 0.1) is 13.2 Å². The predicted molar refractivity (Wildman–Crippen MR) is 97.9 cm³/mol. The van der Waals surface area contributed by atoms with Crippen LogP contribution in [0.1, 0.15) is 63.5 Å². The van der Waals surface area contributed by atoms with Gasteiger partial charge in [0.25, 0.3) is 11.8 Å². The minimum Gasteiger partial charge on any atom is -0.361 e. The van der Waals surface area contributed by atoms with Gasteiger partial charge in [0.2, 0.25) is 0 Å². The van der Waals surface area contributed by atoms with Crippen molar-refractivity contribution >= 4 is 11.8 Å². The van der Waals surface area contributed by atoms with Crippen LogP contribution in [0.2, 0.25) is 0 Å². The van der Waals surface area contributed by atoms with Gasteiger partial charge in [0.1, 0.15) is 5.69 Å². The number of rotatable bonds is 3. The van der Waals surface area contributed by atoms with Crippen molar-refractivity contribution in [2.24, 2.45) is 0 Å². The van der Waals surface area contributed by atoms with Crippen LogP contribution in [0.3, 0.4) is 0 Å². The summed E-state index contributed by atoms with van der Waals surface area (Å²) in [5.41, 5.74) is -0.479. The summed E-state index contributed by atoms with van der Waals surface area (Å²) in [6, 6.07) is 2.09. The van der Waals surface area contributed by atoms with Gasteiger partial charge in [0.15, 0.2) is 5.60 Å². The molecule has 2 aliphatic rings. The number of carbonyl (C=O) groups excluding carboxylic acids is 2. The molecule has 1 spiro atoms. The van der Waals surface area contributed by atoms with Crippen LogP contribution in [-0.4, -0.2) is 69.3 Å². The van der Waals surface area contributed by atoms with E-state index in [4.69, 9.17) is 4.74 Å². The number of carbonyl (C=O) groups is 2. The van der Waals surface area contributed by atoms with Gasteiger partial charge < -0.3 is 14.5 Å². The highest BCUT2D eigenvalue weighted by atomic mass is 16.5. The van der Waals surface area contributed by atoms with Crippen LogP contribution in [0.4, 0.5) is 0 Å². The minimum absolute atomic E-state index is 0.0233. The lowest BCUT2D eigenvalue weighted by Crippen LogP contribution is -2.61. The first kappa shape index (κ1) is 18.9. The molecule has 3 rings (SSSR count). The predicted octanol–water partition coefficient (Wildman–Crippen LogP) is 2.10. The van der Waals surface area contributed by atoms with Crippen LogP contribution in [0.25, 0.3) is 0 Å². The molecule has 0 N–H and O–H groups in total. The van der Waals surface area contributed by atoms with E-state index in [0.717, 1.165) is 19.4 Å². The molecule has 1 atom stereocenters. The Kier molecular flexibility index (Phi) is 5.37. The summed E-state index contributed by atoms with van der Waals surface area (Å²) in [5.74, 6) is -0.101. The first-order valence-electron chi connectivity index (χ1n) is 9.63. The van der Waals surface area contributed by atoms with Crippen molar-refractivity contribution in [3.05, 3.63) is 18.0 Å². The Labute approximate surface area is 155 Å². The van der Waals surface area contributed by atoms with E-state index in [2.05, 4.69) is 5.10 Å². The number of ether oxygens (including phenoxy) is 1. The molecule has 26 heavy (non-hydrogen) atoms. The molecule has 0 aliphatic carbocycles. The van der Waals surface area contributed by atoms with Gasteiger partial charge in [-0.3, -0.25) is 14.3 Å². The number of nitrogens with zero attached hydrogens (tertiary/aromatic N) is 4. The lowest BCUT2D eigenvalue weighted by Gasteiger charge is -2.43. The van der Waals surface area contributed by atoms with E-state index in [9.17, 15) is 9.59 Å². The molecular formula is C19H30N4O3. The highest BCUT2D eigenvalue weighted by molar-refractivity contribution is 5.93. The second-order valence-corrected chi connectivity index (χ2v) is 7.89. The molecule has 1 aromatic heterocycles. The molecule has 144 valence electrons. The number of amides is 2. The molecule has 0 radical (unpaired) electrons. The van der Waals surface area contributed by atoms with Gasteiger partial charge in [-0.1, -0.05) is 0 Å². The first-order chi connectivity index (χ1) is 12.3. The van der Waals surface area contributed by atoms with Gasteiger partial charge in [-0.25, -0.2) is 0 Å². The second-order valence-electron chi connectivity index (χ2n) is 7.89. The van der Waals surface area contributed by atoms with E-state index in [-0.39, 0.29) is 23.9 Å². The summed E-state index contributed by atoms with van der Waals surface area (Å²) >= 11 is 0. The van der Waals surface area contributed by atoms with E-state index in [1.165, 1.54) is 0 Å². The molecule has 1 unspecified atom stereocenters. The van der Waals surface area contributed by atoms with Crippen molar-refractivity contribution in [1.82, 2.24) is 19.6 Å². The van der Waals surface area contributed by atoms with Crippen LogP contribution in [0, 0.1) is 0 Å². The molecule has 0 saturated carbocycles. The normalized spacial score (nSPS) is 24.6. The van der Waals surface area contributed by atoms with Gasteiger partial charge in [-0.15, -0.1) is 0 Å². The monoisotopic (exact) mass is 362 g/mol. The van der Waals surface area contributed by atoms with Gasteiger partial charge >= 0.3 is 0 Å². The van der Waals surface area contributed by atoms with E-state index >= 15 is 0 Å². The zero-order chi connectivity index (χ0) is 18.9. The summed E-state index contributed by atoms with van der Waals surface area (Å²) in [6.07, 6.45) is 4.39. The van der Waals surface area contributed by atoms with Crippen molar-refractivity contribution in [3.63, 3.8) is 0 Å². The Hall–Kier alpha value is -1.89. The fourth-order valence-electron chi connectivity index (χ4n) is 3.80. The summed E-state index contributed by atoms with van der Waals surface area (Å²) in [5, 5.41) is 4.39. The van der Waals surface area contributed by atoms with E-state index < -0.39 is 5.60 Å². The molecule has 7 heteroatoms. The van der Waals surface area contributed by atoms with E-state index in [1.54, 1.807) is 15.6 Å². The van der Waals surface area contributed by atoms with Crippen LogP contribution in [0.5, 0.6) is 0 Å². The molecule has 1 aromatic rings. The van der Waals surface area contributed by atoms with Gasteiger partial charge in [-0.05, 0) is 53.0 Å². The van der Waals surface area contributed by atoms with Crippen LogP contribution >= 0.6 is 0 Å². The van der Waals surface area contributed by atoms with Crippen molar-refractivity contribution < 1.29 is 14.3 Å². The van der Waals surface area contributed by atoms with E-state index in [1.807, 2.05) is 38.8 Å². The first-order valence-corrected chi connectivity index (χ1v) is 9.63. The lowest BCUT2D eigenvalue weighted by atomic mass is 9.93. The molecule has 0 aromatic carbocycles. The smallest absolute Gasteiger partial charge is 0.274 e. The number of aromatic nitrogens is 2. The number of hydrogen-bond donors (Lipinski definition) is 0. The van der Waals surface area contributed by atoms with Crippen molar-refractivity contribution in [1.29, 1.82) is 0 Å². The average Bonchev–Trinajstić information content (AvgIpc) is 3.05. The SMILES string of the molecule is CC(C)N1CCCCC2(CN(C(=O)c3ccn(C(C)C)n3)CCO2)C1=O. The highest BCUT2D eigenvalue weighted by Crippen LogP contribution is 2.31. The number of hydrogen-bond acceptors (Lipinski definition) is 4. The minimum atomic E-state index is -0.907. The molecule has 0 bridgehead atoms. The second kappa shape index (κ2) is 7.39. The summed E-state index contributed by atoms with van der Waals surface area (Å²) in [6.45, 7) is 10.0.